The fourth-order valence-corrected chi connectivity index (χ4v) is 3.83. The maximum absolute atomic E-state index is 14.0. The Morgan fingerprint density at radius 2 is 2.19 bits per heavy atom. The predicted molar refractivity (Wildman–Crippen MR) is 79.9 cm³/mol. The summed E-state index contributed by atoms with van der Waals surface area (Å²) in [4.78, 5) is 0. The number of aliphatic hydroxyl groups is 1. The molecule has 0 aliphatic carbocycles. The fraction of sp³-hybridized carbons (Fsp3) is 0.600. The van der Waals surface area contributed by atoms with Gasteiger partial charge in [0.2, 0.25) is 10.0 Å². The van der Waals surface area contributed by atoms with Gasteiger partial charge in [-0.1, -0.05) is 18.2 Å². The second kappa shape index (κ2) is 6.42. The van der Waals surface area contributed by atoms with Gasteiger partial charge in [0.25, 0.3) is 0 Å². The first-order chi connectivity index (χ1) is 9.79. The maximum atomic E-state index is 14.0. The van der Waals surface area contributed by atoms with Crippen LogP contribution in [0.25, 0.3) is 0 Å². The highest BCUT2D eigenvalue weighted by atomic mass is 32.2. The Morgan fingerprint density at radius 3 is 2.86 bits per heavy atom. The van der Waals surface area contributed by atoms with Gasteiger partial charge >= 0.3 is 0 Å². The smallest absolute Gasteiger partial charge is 0.211 e. The number of halogens is 1. The van der Waals surface area contributed by atoms with Crippen LogP contribution in [-0.2, 0) is 10.0 Å². The average Bonchev–Trinajstić information content (AvgIpc) is 2.41. The quantitative estimate of drug-likeness (QED) is 0.927. The van der Waals surface area contributed by atoms with Crippen molar-refractivity contribution in [2.45, 2.75) is 32.3 Å². The van der Waals surface area contributed by atoms with E-state index in [1.165, 1.54) is 10.6 Å². The lowest BCUT2D eigenvalue weighted by molar-refractivity contribution is 0.119. The maximum Gasteiger partial charge on any atom is 0.211 e. The van der Waals surface area contributed by atoms with E-state index in [2.05, 4.69) is 0 Å². The Kier molecular flexibility index (Phi) is 5.01. The summed E-state index contributed by atoms with van der Waals surface area (Å²) in [6.07, 6.45) is 2.32. The normalized spacial score (nSPS) is 22.2. The number of nitrogens with zero attached hydrogens (tertiary/aromatic N) is 1. The molecule has 1 heterocycles. The molecule has 0 bridgehead atoms. The molecule has 2 atom stereocenters. The van der Waals surface area contributed by atoms with Gasteiger partial charge in [-0.25, -0.2) is 17.1 Å². The Labute approximate surface area is 125 Å². The highest BCUT2D eigenvalue weighted by molar-refractivity contribution is 7.88. The first-order valence-electron chi connectivity index (χ1n) is 7.17. The van der Waals surface area contributed by atoms with Crippen LogP contribution in [0.15, 0.2) is 18.2 Å². The number of hydrogen-bond acceptors (Lipinski definition) is 3. The highest BCUT2D eigenvalue weighted by Crippen LogP contribution is 2.30. The Balaban J connectivity index is 2.06. The number of rotatable bonds is 4. The van der Waals surface area contributed by atoms with E-state index in [1.54, 1.807) is 25.1 Å². The predicted octanol–water partition coefficient (Wildman–Crippen LogP) is 2.23. The molecule has 0 radical (unpaired) electrons. The Morgan fingerprint density at radius 1 is 1.48 bits per heavy atom. The highest BCUT2D eigenvalue weighted by Gasteiger charge is 2.28. The monoisotopic (exact) mass is 315 g/mol. The third kappa shape index (κ3) is 4.02. The second-order valence-corrected chi connectivity index (χ2v) is 7.84. The van der Waals surface area contributed by atoms with Crippen molar-refractivity contribution >= 4 is 10.0 Å². The van der Waals surface area contributed by atoms with E-state index >= 15 is 0 Å². The first kappa shape index (κ1) is 16.4. The largest absolute Gasteiger partial charge is 0.388 e. The minimum atomic E-state index is -3.20. The number of aliphatic hydroxyl groups excluding tert-OH is 1. The van der Waals surface area contributed by atoms with Crippen LogP contribution in [0.2, 0.25) is 0 Å². The van der Waals surface area contributed by atoms with Crippen molar-refractivity contribution in [2.24, 2.45) is 5.92 Å². The number of sulfonamides is 1. The summed E-state index contributed by atoms with van der Waals surface area (Å²) >= 11 is 0. The number of benzene rings is 1. The molecule has 6 heteroatoms. The van der Waals surface area contributed by atoms with Gasteiger partial charge in [0.1, 0.15) is 5.82 Å². The zero-order valence-corrected chi connectivity index (χ0v) is 13.2. The minimum absolute atomic E-state index is 0.0587. The zero-order chi connectivity index (χ0) is 15.6. The summed E-state index contributed by atoms with van der Waals surface area (Å²) in [5, 5.41) is 10.3. The summed E-state index contributed by atoms with van der Waals surface area (Å²) in [5.74, 6) is -0.316. The van der Waals surface area contributed by atoms with Gasteiger partial charge in [-0.05, 0) is 37.7 Å². The molecule has 0 saturated carbocycles. The molecule has 2 unspecified atom stereocenters. The van der Waals surface area contributed by atoms with Crippen LogP contribution in [-0.4, -0.2) is 37.2 Å². The van der Waals surface area contributed by atoms with Gasteiger partial charge in [-0.3, -0.25) is 0 Å². The zero-order valence-electron chi connectivity index (χ0n) is 12.4. The van der Waals surface area contributed by atoms with E-state index in [9.17, 15) is 17.9 Å². The molecule has 1 fully saturated rings. The van der Waals surface area contributed by atoms with E-state index in [4.69, 9.17) is 0 Å². The molecule has 1 aromatic carbocycles. The molecule has 118 valence electrons. The average molecular weight is 315 g/mol. The summed E-state index contributed by atoms with van der Waals surface area (Å²) in [6, 6.07) is 4.97. The van der Waals surface area contributed by atoms with Crippen LogP contribution in [0.4, 0.5) is 4.39 Å². The SMILES string of the molecule is Cc1cccc(C(O)CC2CCCN(S(C)(=O)=O)C2)c1F. The number of hydrogen-bond donors (Lipinski definition) is 1. The van der Waals surface area contributed by atoms with Crippen LogP contribution in [0, 0.1) is 18.7 Å². The van der Waals surface area contributed by atoms with Crippen molar-refractivity contribution < 1.29 is 17.9 Å². The molecule has 0 aromatic heterocycles. The second-order valence-electron chi connectivity index (χ2n) is 5.86. The van der Waals surface area contributed by atoms with Crippen LogP contribution in [0.1, 0.15) is 36.5 Å². The molecular formula is C15H22FNO3S. The summed E-state index contributed by atoms with van der Waals surface area (Å²) in [5.41, 5.74) is 0.805. The lowest BCUT2D eigenvalue weighted by Crippen LogP contribution is -2.39. The summed E-state index contributed by atoms with van der Waals surface area (Å²) < 4.78 is 38.6. The van der Waals surface area contributed by atoms with E-state index in [0.717, 1.165) is 12.8 Å². The van der Waals surface area contributed by atoms with E-state index in [1.807, 2.05) is 0 Å². The van der Waals surface area contributed by atoms with Crippen LogP contribution in [0.3, 0.4) is 0 Å². The topological polar surface area (TPSA) is 57.6 Å². The molecule has 21 heavy (non-hydrogen) atoms. The van der Waals surface area contributed by atoms with Crippen molar-refractivity contribution in [1.82, 2.24) is 4.31 Å². The minimum Gasteiger partial charge on any atom is -0.388 e. The van der Waals surface area contributed by atoms with Crippen molar-refractivity contribution in [3.8, 4) is 0 Å². The number of piperidine rings is 1. The summed E-state index contributed by atoms with van der Waals surface area (Å²) in [6.45, 7) is 2.60. The molecule has 2 rings (SSSR count). The van der Waals surface area contributed by atoms with Crippen molar-refractivity contribution in [1.29, 1.82) is 0 Å². The van der Waals surface area contributed by atoms with Gasteiger partial charge < -0.3 is 5.11 Å². The molecule has 1 N–H and O–H groups in total. The van der Waals surface area contributed by atoms with Crippen LogP contribution in [0.5, 0.6) is 0 Å². The van der Waals surface area contributed by atoms with Gasteiger partial charge in [0.05, 0.1) is 12.4 Å². The van der Waals surface area contributed by atoms with Crippen molar-refractivity contribution in [3.63, 3.8) is 0 Å². The Bertz CT molecular complexity index is 603. The molecule has 1 aliphatic rings. The van der Waals surface area contributed by atoms with Gasteiger partial charge in [0, 0.05) is 18.7 Å². The van der Waals surface area contributed by atoms with E-state index in [0.29, 0.717) is 30.6 Å². The first-order valence-corrected chi connectivity index (χ1v) is 9.02. The van der Waals surface area contributed by atoms with Crippen molar-refractivity contribution in [3.05, 3.63) is 35.1 Å². The molecule has 1 aliphatic heterocycles. The third-order valence-electron chi connectivity index (χ3n) is 4.09. The Hall–Kier alpha value is -0.980. The number of aryl methyl sites for hydroxylation is 1. The van der Waals surface area contributed by atoms with E-state index in [-0.39, 0.29) is 11.7 Å². The molecule has 4 nitrogen and oxygen atoms in total. The van der Waals surface area contributed by atoms with Crippen molar-refractivity contribution in [2.75, 3.05) is 19.3 Å². The summed E-state index contributed by atoms with van der Waals surface area (Å²) in [7, 11) is -3.20. The van der Waals surface area contributed by atoms with Gasteiger partial charge in [-0.2, -0.15) is 0 Å². The molecule has 1 saturated heterocycles. The molecule has 0 spiro atoms. The lowest BCUT2D eigenvalue weighted by atomic mass is 9.90. The molecule has 1 aromatic rings. The molecular weight excluding hydrogens is 293 g/mol. The van der Waals surface area contributed by atoms with E-state index < -0.39 is 16.1 Å². The van der Waals surface area contributed by atoms with Crippen LogP contribution < -0.4 is 0 Å². The standard InChI is InChI=1S/C15H22FNO3S/c1-11-5-3-7-13(15(11)16)14(18)9-12-6-4-8-17(10-12)21(2,19)20/h3,5,7,12,14,18H,4,6,8-10H2,1-2H3. The van der Waals surface area contributed by atoms with Gasteiger partial charge in [-0.15, -0.1) is 0 Å². The fourth-order valence-electron chi connectivity index (χ4n) is 2.89. The molecule has 0 amide bonds. The van der Waals surface area contributed by atoms with Crippen LogP contribution >= 0.6 is 0 Å². The van der Waals surface area contributed by atoms with Gasteiger partial charge in [0.15, 0.2) is 0 Å². The third-order valence-corrected chi connectivity index (χ3v) is 5.36. The lowest BCUT2D eigenvalue weighted by Gasteiger charge is -2.32.